The Bertz CT molecular complexity index is 463. The van der Waals surface area contributed by atoms with Crippen LogP contribution in [0.15, 0.2) is 18.2 Å². The molecule has 4 heteroatoms. The molecule has 98 valence electrons. The Morgan fingerprint density at radius 3 is 2.50 bits per heavy atom. The summed E-state index contributed by atoms with van der Waals surface area (Å²) in [6, 6.07) is 5.88. The number of fused-ring (bicyclic) bond motifs is 1. The monoisotopic (exact) mass is 249 g/mol. The Morgan fingerprint density at radius 2 is 1.89 bits per heavy atom. The van der Waals surface area contributed by atoms with Crippen molar-refractivity contribution in [3.05, 3.63) is 29.3 Å². The summed E-state index contributed by atoms with van der Waals surface area (Å²) in [5.41, 5.74) is 1.82. The van der Waals surface area contributed by atoms with E-state index in [4.69, 9.17) is 9.47 Å². The number of hydrogen-bond acceptors (Lipinski definition) is 3. The lowest BCUT2D eigenvalue weighted by Crippen LogP contribution is -2.33. The molecule has 0 unspecified atom stereocenters. The SMILES string of the molecule is COc1ccc2c(c1)CN(C(=O)OC(C)(C)C)C2. The quantitative estimate of drug-likeness (QED) is 0.768. The molecule has 0 fully saturated rings. The van der Waals surface area contributed by atoms with Crippen LogP contribution in [0.3, 0.4) is 0 Å². The molecule has 1 aliphatic rings. The van der Waals surface area contributed by atoms with Gasteiger partial charge in [-0.15, -0.1) is 0 Å². The van der Waals surface area contributed by atoms with Gasteiger partial charge in [0.15, 0.2) is 0 Å². The molecule has 0 aromatic heterocycles. The van der Waals surface area contributed by atoms with Crippen molar-refractivity contribution in [3.8, 4) is 5.75 Å². The third-order valence-corrected chi connectivity index (χ3v) is 2.79. The minimum atomic E-state index is -0.455. The van der Waals surface area contributed by atoms with E-state index in [1.165, 1.54) is 0 Å². The smallest absolute Gasteiger partial charge is 0.410 e. The second-order valence-corrected chi connectivity index (χ2v) is 5.47. The van der Waals surface area contributed by atoms with Crippen molar-refractivity contribution < 1.29 is 14.3 Å². The van der Waals surface area contributed by atoms with Gasteiger partial charge in [-0.25, -0.2) is 4.79 Å². The standard InChI is InChI=1S/C14H19NO3/c1-14(2,3)18-13(16)15-8-10-5-6-12(17-4)7-11(10)9-15/h5-7H,8-9H2,1-4H3. The van der Waals surface area contributed by atoms with Gasteiger partial charge in [0.1, 0.15) is 11.4 Å². The maximum absolute atomic E-state index is 12.0. The van der Waals surface area contributed by atoms with Crippen LogP contribution in [0, 0.1) is 0 Å². The van der Waals surface area contributed by atoms with Gasteiger partial charge < -0.3 is 9.47 Å². The molecule has 1 aliphatic heterocycles. The summed E-state index contributed by atoms with van der Waals surface area (Å²) in [4.78, 5) is 13.7. The Morgan fingerprint density at radius 1 is 1.22 bits per heavy atom. The summed E-state index contributed by atoms with van der Waals surface area (Å²) in [5.74, 6) is 0.819. The molecule has 0 atom stereocenters. The van der Waals surface area contributed by atoms with Crippen molar-refractivity contribution in [1.82, 2.24) is 4.90 Å². The van der Waals surface area contributed by atoms with Gasteiger partial charge >= 0.3 is 6.09 Å². The van der Waals surface area contributed by atoms with Crippen molar-refractivity contribution >= 4 is 6.09 Å². The Hall–Kier alpha value is -1.71. The molecule has 0 saturated heterocycles. The van der Waals surface area contributed by atoms with Gasteiger partial charge in [0.05, 0.1) is 7.11 Å². The van der Waals surface area contributed by atoms with Gasteiger partial charge in [0, 0.05) is 13.1 Å². The molecule has 1 heterocycles. The highest BCUT2D eigenvalue weighted by Gasteiger charge is 2.27. The number of carbonyl (C=O) groups excluding carboxylic acids is 1. The second-order valence-electron chi connectivity index (χ2n) is 5.47. The summed E-state index contributed by atoms with van der Waals surface area (Å²) in [6.45, 7) is 6.81. The molecule has 0 N–H and O–H groups in total. The van der Waals surface area contributed by atoms with Gasteiger partial charge in [-0.05, 0) is 44.0 Å². The van der Waals surface area contributed by atoms with E-state index in [0.717, 1.165) is 16.9 Å². The van der Waals surface area contributed by atoms with E-state index in [-0.39, 0.29) is 6.09 Å². The van der Waals surface area contributed by atoms with Crippen LogP contribution < -0.4 is 4.74 Å². The first-order valence-corrected chi connectivity index (χ1v) is 6.03. The Kier molecular flexibility index (Phi) is 3.20. The lowest BCUT2D eigenvalue weighted by atomic mass is 10.1. The van der Waals surface area contributed by atoms with E-state index in [1.54, 1.807) is 12.0 Å². The van der Waals surface area contributed by atoms with E-state index in [1.807, 2.05) is 39.0 Å². The summed E-state index contributed by atoms with van der Waals surface area (Å²) in [7, 11) is 1.64. The van der Waals surface area contributed by atoms with E-state index in [0.29, 0.717) is 13.1 Å². The van der Waals surface area contributed by atoms with Crippen molar-refractivity contribution in [2.45, 2.75) is 39.5 Å². The van der Waals surface area contributed by atoms with Gasteiger partial charge in [-0.3, -0.25) is 4.90 Å². The van der Waals surface area contributed by atoms with Crippen LogP contribution in [0.25, 0.3) is 0 Å². The van der Waals surface area contributed by atoms with Crippen molar-refractivity contribution in [1.29, 1.82) is 0 Å². The molecule has 4 nitrogen and oxygen atoms in total. The highest BCUT2D eigenvalue weighted by Crippen LogP contribution is 2.27. The lowest BCUT2D eigenvalue weighted by Gasteiger charge is -2.24. The zero-order valence-corrected chi connectivity index (χ0v) is 11.3. The number of hydrogen-bond donors (Lipinski definition) is 0. The highest BCUT2D eigenvalue weighted by molar-refractivity contribution is 5.69. The average Bonchev–Trinajstić information content (AvgIpc) is 2.69. The molecular weight excluding hydrogens is 230 g/mol. The van der Waals surface area contributed by atoms with Gasteiger partial charge in [0.25, 0.3) is 0 Å². The molecule has 0 aliphatic carbocycles. The van der Waals surface area contributed by atoms with E-state index >= 15 is 0 Å². The Labute approximate surface area is 107 Å². The van der Waals surface area contributed by atoms with E-state index in [2.05, 4.69) is 0 Å². The van der Waals surface area contributed by atoms with Crippen molar-refractivity contribution in [2.75, 3.05) is 7.11 Å². The predicted octanol–water partition coefficient (Wildman–Crippen LogP) is 2.95. The fraction of sp³-hybridized carbons (Fsp3) is 0.500. The van der Waals surface area contributed by atoms with Crippen molar-refractivity contribution in [2.24, 2.45) is 0 Å². The Balaban J connectivity index is 2.08. The summed E-state index contributed by atoms with van der Waals surface area (Å²) in [6.07, 6.45) is -0.266. The van der Waals surface area contributed by atoms with E-state index < -0.39 is 5.60 Å². The number of amides is 1. The summed E-state index contributed by atoms with van der Waals surface area (Å²) in [5, 5.41) is 0. The molecule has 0 radical (unpaired) electrons. The maximum Gasteiger partial charge on any atom is 0.410 e. The topological polar surface area (TPSA) is 38.8 Å². The van der Waals surface area contributed by atoms with Crippen LogP contribution in [-0.4, -0.2) is 23.7 Å². The largest absolute Gasteiger partial charge is 0.497 e. The predicted molar refractivity (Wildman–Crippen MR) is 68.5 cm³/mol. The first-order valence-electron chi connectivity index (χ1n) is 6.03. The molecule has 0 bridgehead atoms. The number of carbonyl (C=O) groups is 1. The van der Waals surface area contributed by atoms with Crippen LogP contribution in [0.2, 0.25) is 0 Å². The van der Waals surface area contributed by atoms with Crippen LogP contribution in [0.4, 0.5) is 4.79 Å². The lowest BCUT2D eigenvalue weighted by molar-refractivity contribution is 0.0242. The molecule has 0 spiro atoms. The molecule has 1 aromatic carbocycles. The van der Waals surface area contributed by atoms with E-state index in [9.17, 15) is 4.79 Å². The molecule has 18 heavy (non-hydrogen) atoms. The fourth-order valence-corrected chi connectivity index (χ4v) is 1.95. The minimum absolute atomic E-state index is 0.266. The minimum Gasteiger partial charge on any atom is -0.497 e. The van der Waals surface area contributed by atoms with Crippen LogP contribution in [-0.2, 0) is 17.8 Å². The highest BCUT2D eigenvalue weighted by atomic mass is 16.6. The number of benzene rings is 1. The van der Waals surface area contributed by atoms with Crippen molar-refractivity contribution in [3.63, 3.8) is 0 Å². The molecule has 2 rings (SSSR count). The van der Waals surface area contributed by atoms with Crippen LogP contribution in [0.5, 0.6) is 5.75 Å². The third-order valence-electron chi connectivity index (χ3n) is 2.79. The van der Waals surface area contributed by atoms with Crippen LogP contribution in [0.1, 0.15) is 31.9 Å². The fourth-order valence-electron chi connectivity index (χ4n) is 1.95. The molecular formula is C14H19NO3. The van der Waals surface area contributed by atoms with Crippen LogP contribution >= 0.6 is 0 Å². The average molecular weight is 249 g/mol. The summed E-state index contributed by atoms with van der Waals surface area (Å²) >= 11 is 0. The number of rotatable bonds is 1. The first kappa shape index (κ1) is 12.7. The van der Waals surface area contributed by atoms with Gasteiger partial charge in [-0.1, -0.05) is 6.07 Å². The molecule has 1 aromatic rings. The number of ether oxygens (including phenoxy) is 2. The number of methoxy groups -OCH3 is 1. The zero-order valence-electron chi connectivity index (χ0n) is 11.3. The second kappa shape index (κ2) is 4.52. The normalized spacial score (nSPS) is 14.3. The zero-order chi connectivity index (χ0) is 13.3. The first-order chi connectivity index (χ1) is 8.39. The molecule has 1 amide bonds. The van der Waals surface area contributed by atoms with Gasteiger partial charge in [-0.2, -0.15) is 0 Å². The molecule has 0 saturated carbocycles. The van der Waals surface area contributed by atoms with Gasteiger partial charge in [0.2, 0.25) is 0 Å². The maximum atomic E-state index is 12.0. The number of nitrogens with zero attached hydrogens (tertiary/aromatic N) is 1. The summed E-state index contributed by atoms with van der Waals surface area (Å²) < 4.78 is 10.5. The third kappa shape index (κ3) is 2.75.